The van der Waals surface area contributed by atoms with Gasteiger partial charge in [-0.15, -0.1) is 0 Å². The normalized spacial score (nSPS) is 17.5. The summed E-state index contributed by atoms with van der Waals surface area (Å²) in [5, 5.41) is 2.78. The molecule has 1 fully saturated rings. The fourth-order valence-corrected chi connectivity index (χ4v) is 4.24. The average molecular weight is 434 g/mol. The summed E-state index contributed by atoms with van der Waals surface area (Å²) >= 11 is 0. The van der Waals surface area contributed by atoms with Crippen molar-refractivity contribution in [2.24, 2.45) is 5.92 Å². The van der Waals surface area contributed by atoms with Gasteiger partial charge in [-0.2, -0.15) is 0 Å². The lowest BCUT2D eigenvalue weighted by atomic mass is 9.99. The van der Waals surface area contributed by atoms with Crippen LogP contribution in [0.15, 0.2) is 42.5 Å². The molecule has 30 heavy (non-hydrogen) atoms. The van der Waals surface area contributed by atoms with Crippen molar-refractivity contribution in [3.8, 4) is 0 Å². The van der Waals surface area contributed by atoms with Gasteiger partial charge in [-0.05, 0) is 54.6 Å². The predicted octanol–water partition coefficient (Wildman–Crippen LogP) is 3.36. The molecule has 2 N–H and O–H groups in total. The summed E-state index contributed by atoms with van der Waals surface area (Å²) in [6, 6.07) is 11.7. The number of halogens is 1. The van der Waals surface area contributed by atoms with E-state index in [0.29, 0.717) is 6.54 Å². The molecule has 1 aliphatic heterocycles. The third-order valence-electron chi connectivity index (χ3n) is 5.15. The van der Waals surface area contributed by atoms with E-state index in [1.54, 1.807) is 0 Å². The van der Waals surface area contributed by atoms with Crippen LogP contribution < -0.4 is 10.0 Å². The fraction of sp³-hybridized carbons (Fsp3) is 0.409. The third kappa shape index (κ3) is 6.53. The van der Waals surface area contributed by atoms with E-state index in [1.165, 1.54) is 30.5 Å². The summed E-state index contributed by atoms with van der Waals surface area (Å²) in [5.41, 5.74) is 2.13. The summed E-state index contributed by atoms with van der Waals surface area (Å²) in [4.78, 5) is 14.9. The highest BCUT2D eigenvalue weighted by Gasteiger charge is 2.16. The Balaban J connectivity index is 1.56. The van der Waals surface area contributed by atoms with Crippen molar-refractivity contribution in [1.29, 1.82) is 0 Å². The van der Waals surface area contributed by atoms with Gasteiger partial charge in [0.25, 0.3) is 5.91 Å². The number of amides is 1. The van der Waals surface area contributed by atoms with Crippen molar-refractivity contribution in [2.45, 2.75) is 32.9 Å². The Hall–Kier alpha value is -2.45. The number of carbonyl (C=O) groups is 1. The van der Waals surface area contributed by atoms with Gasteiger partial charge in [0.2, 0.25) is 10.0 Å². The summed E-state index contributed by atoms with van der Waals surface area (Å²) in [6.45, 7) is 5.82. The smallest absolute Gasteiger partial charge is 0.251 e. The number of benzene rings is 2. The van der Waals surface area contributed by atoms with Gasteiger partial charge in [0.05, 0.1) is 11.9 Å². The zero-order valence-corrected chi connectivity index (χ0v) is 18.1. The van der Waals surface area contributed by atoms with Crippen LogP contribution in [0.5, 0.6) is 0 Å². The average Bonchev–Trinajstić information content (AvgIpc) is 2.68. The number of carbonyl (C=O) groups excluding carboxylic acids is 1. The van der Waals surface area contributed by atoms with E-state index in [1.807, 2.05) is 12.1 Å². The van der Waals surface area contributed by atoms with Gasteiger partial charge < -0.3 is 5.32 Å². The Morgan fingerprint density at radius 1 is 1.17 bits per heavy atom. The molecule has 1 saturated heterocycles. The van der Waals surface area contributed by atoms with Gasteiger partial charge in [0, 0.05) is 25.2 Å². The largest absolute Gasteiger partial charge is 0.348 e. The minimum atomic E-state index is -3.64. The molecular weight excluding hydrogens is 405 g/mol. The first kappa shape index (κ1) is 22.2. The van der Waals surface area contributed by atoms with E-state index in [0.717, 1.165) is 43.4 Å². The van der Waals surface area contributed by atoms with Gasteiger partial charge in [-0.3, -0.25) is 14.4 Å². The molecule has 0 radical (unpaired) electrons. The highest BCUT2D eigenvalue weighted by Crippen LogP contribution is 2.19. The maximum absolute atomic E-state index is 13.8. The van der Waals surface area contributed by atoms with Crippen LogP contribution in [-0.2, 0) is 23.1 Å². The van der Waals surface area contributed by atoms with Gasteiger partial charge in [0.1, 0.15) is 5.82 Å². The highest BCUT2D eigenvalue weighted by atomic mass is 32.2. The number of nitrogens with one attached hydrogen (secondary N) is 2. The number of piperidine rings is 1. The van der Waals surface area contributed by atoms with Crippen molar-refractivity contribution < 1.29 is 17.6 Å². The lowest BCUT2D eigenvalue weighted by Gasteiger charge is -2.30. The van der Waals surface area contributed by atoms with Crippen molar-refractivity contribution in [3.05, 3.63) is 65.0 Å². The summed E-state index contributed by atoms with van der Waals surface area (Å²) in [7, 11) is -3.64. The molecule has 6 nitrogen and oxygen atoms in total. The molecule has 0 saturated carbocycles. The molecule has 2 aromatic carbocycles. The number of sulfonamides is 1. The molecule has 162 valence electrons. The molecule has 0 bridgehead atoms. The number of hydrogen-bond acceptors (Lipinski definition) is 4. The lowest BCUT2D eigenvalue weighted by molar-refractivity contribution is 0.0951. The Kier molecular flexibility index (Phi) is 7.10. The van der Waals surface area contributed by atoms with Crippen molar-refractivity contribution in [2.75, 3.05) is 24.1 Å². The molecule has 1 unspecified atom stereocenters. The van der Waals surface area contributed by atoms with E-state index in [2.05, 4.69) is 34.0 Å². The number of nitrogens with zero attached hydrogens (tertiary/aromatic N) is 1. The minimum Gasteiger partial charge on any atom is -0.348 e. The molecule has 0 spiro atoms. The first-order chi connectivity index (χ1) is 14.2. The highest BCUT2D eigenvalue weighted by molar-refractivity contribution is 7.92. The molecule has 2 aromatic rings. The van der Waals surface area contributed by atoms with Crippen molar-refractivity contribution in [1.82, 2.24) is 10.2 Å². The molecule has 1 atom stereocenters. The van der Waals surface area contributed by atoms with Crippen molar-refractivity contribution >= 4 is 21.6 Å². The summed E-state index contributed by atoms with van der Waals surface area (Å²) < 4.78 is 38.5. The molecule has 0 aromatic heterocycles. The summed E-state index contributed by atoms with van der Waals surface area (Å²) in [5.74, 6) is -0.401. The lowest BCUT2D eigenvalue weighted by Crippen LogP contribution is -2.33. The van der Waals surface area contributed by atoms with Crippen LogP contribution in [0.4, 0.5) is 10.1 Å². The SMILES string of the molecule is CC1CCCN(Cc2ccc(CNC(=O)c3ccc(F)c(NS(C)(=O)=O)c3)cc2)C1. The number of hydrogen-bond donors (Lipinski definition) is 2. The fourth-order valence-electron chi connectivity index (χ4n) is 3.68. The molecule has 1 heterocycles. The molecule has 1 aliphatic rings. The van der Waals surface area contributed by atoms with Gasteiger partial charge in [-0.25, -0.2) is 12.8 Å². The van der Waals surface area contributed by atoms with E-state index in [9.17, 15) is 17.6 Å². The monoisotopic (exact) mass is 433 g/mol. The molecule has 3 rings (SSSR count). The molecular formula is C22H28FN3O3S. The van der Waals surface area contributed by atoms with Gasteiger partial charge in [-0.1, -0.05) is 31.2 Å². The van der Waals surface area contributed by atoms with E-state index in [4.69, 9.17) is 0 Å². The zero-order valence-electron chi connectivity index (χ0n) is 17.3. The van der Waals surface area contributed by atoms with Crippen molar-refractivity contribution in [3.63, 3.8) is 0 Å². The van der Waals surface area contributed by atoms with Crippen LogP contribution in [0, 0.1) is 11.7 Å². The van der Waals surface area contributed by atoms with Gasteiger partial charge >= 0.3 is 0 Å². The second kappa shape index (κ2) is 9.57. The number of anilines is 1. The quantitative estimate of drug-likeness (QED) is 0.702. The predicted molar refractivity (Wildman–Crippen MR) is 116 cm³/mol. The van der Waals surface area contributed by atoms with Crippen LogP contribution in [0.3, 0.4) is 0 Å². The first-order valence-corrected chi connectivity index (χ1v) is 11.9. The van der Waals surface area contributed by atoms with E-state index in [-0.39, 0.29) is 11.3 Å². The number of likely N-dealkylation sites (tertiary alicyclic amines) is 1. The maximum Gasteiger partial charge on any atom is 0.251 e. The number of rotatable bonds is 7. The molecule has 1 amide bonds. The third-order valence-corrected chi connectivity index (χ3v) is 5.74. The molecule has 8 heteroatoms. The van der Waals surface area contributed by atoms with Crippen LogP contribution in [0.1, 0.15) is 41.3 Å². The first-order valence-electron chi connectivity index (χ1n) is 10.1. The second-order valence-corrected chi connectivity index (χ2v) is 9.80. The standard InChI is InChI=1S/C22H28FN3O3S/c1-16-4-3-11-26(14-16)15-18-7-5-17(6-8-18)13-24-22(27)19-9-10-20(23)21(12-19)25-30(2,28)29/h5-10,12,16,25H,3-4,11,13-15H2,1-2H3,(H,24,27). The minimum absolute atomic E-state index is 0.179. The van der Waals surface area contributed by atoms with Crippen LogP contribution >= 0.6 is 0 Å². The topological polar surface area (TPSA) is 78.5 Å². The van der Waals surface area contributed by atoms with Crippen LogP contribution in [0.2, 0.25) is 0 Å². The maximum atomic E-state index is 13.8. The van der Waals surface area contributed by atoms with Crippen LogP contribution in [-0.4, -0.2) is 38.6 Å². The van der Waals surface area contributed by atoms with E-state index >= 15 is 0 Å². The Labute approximate surface area is 177 Å². The zero-order chi connectivity index (χ0) is 21.7. The van der Waals surface area contributed by atoms with Gasteiger partial charge in [0.15, 0.2) is 0 Å². The van der Waals surface area contributed by atoms with Crippen LogP contribution in [0.25, 0.3) is 0 Å². The Bertz CT molecular complexity index is 993. The summed E-state index contributed by atoms with van der Waals surface area (Å²) in [6.07, 6.45) is 3.47. The Morgan fingerprint density at radius 2 is 1.87 bits per heavy atom. The van der Waals surface area contributed by atoms with E-state index < -0.39 is 21.7 Å². The second-order valence-electron chi connectivity index (χ2n) is 8.05. The Morgan fingerprint density at radius 3 is 2.53 bits per heavy atom. The molecule has 0 aliphatic carbocycles.